The summed E-state index contributed by atoms with van der Waals surface area (Å²) in [4.78, 5) is 36.9. The third-order valence-electron chi connectivity index (χ3n) is 6.33. The third kappa shape index (κ3) is 4.39. The summed E-state index contributed by atoms with van der Waals surface area (Å²) in [6.07, 6.45) is 0. The van der Waals surface area contributed by atoms with Crippen LogP contribution in [0, 0.1) is 26.7 Å². The van der Waals surface area contributed by atoms with Crippen molar-refractivity contribution in [3.63, 3.8) is 0 Å². The Morgan fingerprint density at radius 2 is 1.84 bits per heavy atom. The maximum atomic E-state index is 13.0. The number of benzene rings is 1. The Morgan fingerprint density at radius 3 is 2.52 bits per heavy atom. The van der Waals surface area contributed by atoms with E-state index in [1.54, 1.807) is 6.07 Å². The Hall–Kier alpha value is -3.00. The van der Waals surface area contributed by atoms with Gasteiger partial charge in [-0.2, -0.15) is 5.10 Å². The van der Waals surface area contributed by atoms with Crippen molar-refractivity contribution in [3.8, 4) is 0 Å². The molecule has 2 aromatic heterocycles. The van der Waals surface area contributed by atoms with Gasteiger partial charge in [-0.05, 0) is 38.5 Å². The van der Waals surface area contributed by atoms with Crippen molar-refractivity contribution in [2.75, 3.05) is 26.2 Å². The molecule has 0 spiro atoms. The number of carbonyl (C=O) groups excluding carboxylic acids is 1. The molecule has 0 radical (unpaired) electrons. The van der Waals surface area contributed by atoms with Crippen LogP contribution in [0.25, 0.3) is 10.9 Å². The Labute approximate surface area is 181 Å². The highest BCUT2D eigenvalue weighted by Crippen LogP contribution is 2.16. The first-order chi connectivity index (χ1) is 14.8. The van der Waals surface area contributed by atoms with Gasteiger partial charge in [0, 0.05) is 31.9 Å². The summed E-state index contributed by atoms with van der Waals surface area (Å²) in [6, 6.07) is 7.36. The first kappa shape index (κ1) is 21.2. The quantitative estimate of drug-likeness (QED) is 0.680. The number of aromatic nitrogens is 4. The molecular formula is C23H30N6O2. The van der Waals surface area contributed by atoms with Gasteiger partial charge in [-0.3, -0.25) is 19.2 Å². The Balaban J connectivity index is 1.34. The minimum atomic E-state index is -0.123. The van der Waals surface area contributed by atoms with Gasteiger partial charge in [0.2, 0.25) is 5.91 Å². The molecule has 0 saturated carbocycles. The number of carbonyl (C=O) groups is 1. The number of H-pyrrole nitrogens is 1. The molecule has 8 heteroatoms. The van der Waals surface area contributed by atoms with Crippen LogP contribution in [0.3, 0.4) is 0 Å². The topological polar surface area (TPSA) is 87.1 Å². The predicted molar refractivity (Wildman–Crippen MR) is 120 cm³/mol. The molecule has 3 aromatic rings. The molecule has 31 heavy (non-hydrogen) atoms. The summed E-state index contributed by atoms with van der Waals surface area (Å²) in [5.41, 5.74) is 3.93. The molecule has 1 aliphatic rings. The van der Waals surface area contributed by atoms with Gasteiger partial charge in [0.25, 0.3) is 5.56 Å². The number of fused-ring (bicyclic) bond motifs is 1. The van der Waals surface area contributed by atoms with Gasteiger partial charge in [-0.15, -0.1) is 0 Å². The summed E-state index contributed by atoms with van der Waals surface area (Å²) < 4.78 is 1.95. The lowest BCUT2D eigenvalue weighted by Gasteiger charge is -2.35. The molecule has 1 saturated heterocycles. The molecule has 1 fully saturated rings. The van der Waals surface area contributed by atoms with Crippen LogP contribution >= 0.6 is 0 Å². The van der Waals surface area contributed by atoms with E-state index < -0.39 is 0 Å². The number of piperazine rings is 1. The second-order valence-corrected chi connectivity index (χ2v) is 8.51. The van der Waals surface area contributed by atoms with Gasteiger partial charge < -0.3 is 9.88 Å². The van der Waals surface area contributed by atoms with E-state index in [4.69, 9.17) is 0 Å². The average molecular weight is 423 g/mol. The van der Waals surface area contributed by atoms with Crippen molar-refractivity contribution in [2.24, 2.45) is 5.92 Å². The highest BCUT2D eigenvalue weighted by atomic mass is 16.2. The van der Waals surface area contributed by atoms with Gasteiger partial charge in [-0.1, -0.05) is 19.1 Å². The lowest BCUT2D eigenvalue weighted by Crippen LogP contribution is -2.50. The van der Waals surface area contributed by atoms with E-state index >= 15 is 0 Å². The van der Waals surface area contributed by atoms with Crippen LogP contribution in [0.5, 0.6) is 0 Å². The molecule has 1 N–H and O–H groups in total. The zero-order valence-electron chi connectivity index (χ0n) is 18.7. The van der Waals surface area contributed by atoms with Crippen LogP contribution < -0.4 is 5.56 Å². The first-order valence-electron chi connectivity index (χ1n) is 10.8. The number of aromatic amines is 1. The number of aryl methyl sites for hydroxylation is 1. The number of para-hydroxylation sites is 1. The highest BCUT2D eigenvalue weighted by Gasteiger charge is 2.26. The van der Waals surface area contributed by atoms with Crippen LogP contribution in [0.1, 0.15) is 29.7 Å². The molecule has 3 heterocycles. The first-order valence-corrected chi connectivity index (χ1v) is 10.8. The number of rotatable bonds is 5. The van der Waals surface area contributed by atoms with Crippen molar-refractivity contribution >= 4 is 16.8 Å². The predicted octanol–water partition coefficient (Wildman–Crippen LogP) is 2.03. The molecule has 0 bridgehead atoms. The van der Waals surface area contributed by atoms with Crippen molar-refractivity contribution in [2.45, 2.75) is 40.8 Å². The van der Waals surface area contributed by atoms with Gasteiger partial charge in [0.15, 0.2) is 0 Å². The number of nitrogens with one attached hydrogen (secondary N) is 1. The lowest BCUT2D eigenvalue weighted by atomic mass is 10.1. The minimum Gasteiger partial charge on any atom is -0.340 e. The Kier molecular flexibility index (Phi) is 5.91. The van der Waals surface area contributed by atoms with Gasteiger partial charge in [0.1, 0.15) is 5.82 Å². The number of amides is 1. The molecule has 1 aromatic carbocycles. The lowest BCUT2D eigenvalue weighted by molar-refractivity contribution is -0.137. The molecule has 1 aliphatic heterocycles. The summed E-state index contributed by atoms with van der Waals surface area (Å²) in [5, 5.41) is 5.17. The largest absolute Gasteiger partial charge is 0.340 e. The van der Waals surface area contributed by atoms with E-state index in [-0.39, 0.29) is 17.4 Å². The van der Waals surface area contributed by atoms with E-state index in [2.05, 4.69) is 33.8 Å². The van der Waals surface area contributed by atoms with Crippen molar-refractivity contribution in [1.29, 1.82) is 0 Å². The van der Waals surface area contributed by atoms with E-state index in [1.807, 2.05) is 41.6 Å². The van der Waals surface area contributed by atoms with E-state index in [0.717, 1.165) is 24.5 Å². The molecule has 4 rings (SSSR count). The maximum absolute atomic E-state index is 13.0. The van der Waals surface area contributed by atoms with Gasteiger partial charge in [0.05, 0.1) is 35.6 Å². The smallest absolute Gasteiger partial charge is 0.258 e. The number of hydrogen-bond donors (Lipinski definition) is 1. The van der Waals surface area contributed by atoms with Crippen LogP contribution in [0.4, 0.5) is 0 Å². The van der Waals surface area contributed by atoms with Crippen LogP contribution in [-0.4, -0.2) is 61.6 Å². The normalized spacial score (nSPS) is 16.1. The second kappa shape index (κ2) is 8.63. The minimum absolute atomic E-state index is 0.109. The molecule has 8 nitrogen and oxygen atoms in total. The number of hydrogen-bond acceptors (Lipinski definition) is 5. The van der Waals surface area contributed by atoms with Crippen molar-refractivity contribution in [3.05, 3.63) is 57.4 Å². The SMILES string of the molecule is Cc1nn(CC(C)C(=O)N2CCN(Cc3nc4ccccc4c(=O)[nH]3)CC2)c(C)c1C. The average Bonchev–Trinajstić information content (AvgIpc) is 3.00. The zero-order valence-corrected chi connectivity index (χ0v) is 18.7. The molecule has 1 unspecified atom stereocenters. The van der Waals surface area contributed by atoms with Crippen molar-refractivity contribution < 1.29 is 4.79 Å². The van der Waals surface area contributed by atoms with Gasteiger partial charge in [-0.25, -0.2) is 4.98 Å². The molecule has 1 amide bonds. The fourth-order valence-electron chi connectivity index (χ4n) is 4.16. The fourth-order valence-corrected chi connectivity index (χ4v) is 4.16. The second-order valence-electron chi connectivity index (χ2n) is 8.51. The van der Waals surface area contributed by atoms with E-state index in [0.29, 0.717) is 42.9 Å². The van der Waals surface area contributed by atoms with Crippen LogP contribution in [0.15, 0.2) is 29.1 Å². The van der Waals surface area contributed by atoms with E-state index in [9.17, 15) is 9.59 Å². The molecular weight excluding hydrogens is 392 g/mol. The zero-order chi connectivity index (χ0) is 22.1. The summed E-state index contributed by atoms with van der Waals surface area (Å²) in [6.45, 7) is 12.1. The summed E-state index contributed by atoms with van der Waals surface area (Å²) >= 11 is 0. The maximum Gasteiger partial charge on any atom is 0.258 e. The standard InChI is InChI=1S/C23H30N6O2/c1-15(13-29-18(4)16(2)17(3)26-29)23(31)28-11-9-27(10-12-28)14-21-24-20-8-6-5-7-19(20)22(30)25-21/h5-8,15H,9-14H2,1-4H3,(H,24,25,30). The van der Waals surface area contributed by atoms with E-state index in [1.165, 1.54) is 5.56 Å². The molecule has 164 valence electrons. The monoisotopic (exact) mass is 422 g/mol. The third-order valence-corrected chi connectivity index (χ3v) is 6.33. The highest BCUT2D eigenvalue weighted by molar-refractivity contribution is 5.78. The summed E-state index contributed by atoms with van der Waals surface area (Å²) in [5.74, 6) is 0.710. The fraction of sp³-hybridized carbons (Fsp3) is 0.478. The number of nitrogens with zero attached hydrogens (tertiary/aromatic N) is 5. The van der Waals surface area contributed by atoms with Crippen LogP contribution in [0.2, 0.25) is 0 Å². The Bertz CT molecular complexity index is 1160. The van der Waals surface area contributed by atoms with Crippen molar-refractivity contribution in [1.82, 2.24) is 29.5 Å². The van der Waals surface area contributed by atoms with Gasteiger partial charge >= 0.3 is 0 Å². The Morgan fingerprint density at radius 1 is 1.13 bits per heavy atom. The summed E-state index contributed by atoms with van der Waals surface area (Å²) in [7, 11) is 0. The molecule has 0 aliphatic carbocycles. The van der Waals surface area contributed by atoms with Crippen LogP contribution in [-0.2, 0) is 17.9 Å². The molecule has 1 atom stereocenters.